The Bertz CT molecular complexity index is 1280. The monoisotopic (exact) mass is 522 g/mol. The third kappa shape index (κ3) is 8.40. The Morgan fingerprint density at radius 3 is 2.47 bits per heavy atom. The highest BCUT2D eigenvalue weighted by Gasteiger charge is 2.25. The Morgan fingerprint density at radius 2 is 1.81 bits per heavy atom. The van der Waals surface area contributed by atoms with Gasteiger partial charge in [0.1, 0.15) is 17.9 Å². The molecule has 1 heterocycles. The maximum absolute atomic E-state index is 13.7. The van der Waals surface area contributed by atoms with Gasteiger partial charge in [0.2, 0.25) is 10.0 Å². The minimum atomic E-state index is -3.67. The first-order valence-electron chi connectivity index (χ1n) is 11.2. The maximum atomic E-state index is 13.7. The fourth-order valence-electron chi connectivity index (χ4n) is 3.56. The van der Waals surface area contributed by atoms with Crippen molar-refractivity contribution in [2.24, 2.45) is 0 Å². The molecule has 0 spiro atoms. The molecular weight excluding hydrogens is 494 g/mol. The molecule has 3 rings (SSSR count). The quantitative estimate of drug-likeness (QED) is 0.287. The molecule has 9 nitrogen and oxygen atoms in total. The summed E-state index contributed by atoms with van der Waals surface area (Å²) < 4.78 is 57.1. The lowest BCUT2D eigenvalue weighted by Gasteiger charge is -2.24. The average molecular weight is 523 g/mol. The molecule has 0 fully saturated rings. The van der Waals surface area contributed by atoms with Crippen LogP contribution < -0.4 is 15.4 Å². The first kappa shape index (κ1) is 27.2. The fraction of sp³-hybridized carbons (Fsp3) is 0.333. The number of halogens is 2. The van der Waals surface area contributed by atoms with Crippen LogP contribution in [0.2, 0.25) is 0 Å². The second kappa shape index (κ2) is 12.1. The van der Waals surface area contributed by atoms with Gasteiger partial charge in [0, 0.05) is 19.2 Å². The number of rotatable bonds is 12. The summed E-state index contributed by atoms with van der Waals surface area (Å²) in [6.45, 7) is 2.58. The Morgan fingerprint density at radius 1 is 1.11 bits per heavy atom. The van der Waals surface area contributed by atoms with Gasteiger partial charge >= 0.3 is 6.01 Å². The van der Waals surface area contributed by atoms with Crippen LogP contribution in [-0.4, -0.2) is 49.4 Å². The number of oxazole rings is 1. The summed E-state index contributed by atoms with van der Waals surface area (Å²) >= 11 is 0. The predicted octanol–water partition coefficient (Wildman–Crippen LogP) is 2.38. The largest absolute Gasteiger partial charge is 0.431 e. The fourth-order valence-corrected chi connectivity index (χ4v) is 3.97. The molecule has 36 heavy (non-hydrogen) atoms. The zero-order valence-corrected chi connectivity index (χ0v) is 20.6. The summed E-state index contributed by atoms with van der Waals surface area (Å²) in [6.07, 6.45) is 1.51. The molecular formula is C24H28F2N4O5S. The van der Waals surface area contributed by atoms with Crippen molar-refractivity contribution in [1.29, 1.82) is 0 Å². The average Bonchev–Trinajstić information content (AvgIpc) is 3.25. The number of hydrogen-bond acceptors (Lipinski definition) is 7. The molecule has 0 aliphatic carbocycles. The van der Waals surface area contributed by atoms with E-state index in [1.807, 2.05) is 35.9 Å². The summed E-state index contributed by atoms with van der Waals surface area (Å²) in [6, 6.07) is 9.54. The van der Waals surface area contributed by atoms with Crippen LogP contribution in [0.4, 0.5) is 14.8 Å². The lowest BCUT2D eigenvalue weighted by molar-refractivity contribution is 0.0825. The van der Waals surface area contributed by atoms with Gasteiger partial charge in [-0.15, -0.1) is 0 Å². The van der Waals surface area contributed by atoms with Crippen LogP contribution >= 0.6 is 0 Å². The van der Waals surface area contributed by atoms with Gasteiger partial charge in [0.05, 0.1) is 18.4 Å². The zero-order chi connectivity index (χ0) is 26.3. The van der Waals surface area contributed by atoms with E-state index in [1.165, 1.54) is 5.56 Å². The van der Waals surface area contributed by atoms with Crippen molar-refractivity contribution in [1.82, 2.24) is 15.6 Å². The number of anilines is 1. The van der Waals surface area contributed by atoms with Crippen LogP contribution in [0.15, 0.2) is 53.1 Å². The molecule has 0 saturated carbocycles. The molecule has 1 amide bonds. The van der Waals surface area contributed by atoms with Gasteiger partial charge in [0.25, 0.3) is 5.91 Å². The van der Waals surface area contributed by atoms with Crippen molar-refractivity contribution >= 4 is 21.9 Å². The predicted molar refractivity (Wildman–Crippen MR) is 130 cm³/mol. The van der Waals surface area contributed by atoms with Crippen LogP contribution in [0, 0.1) is 11.6 Å². The lowest BCUT2D eigenvalue weighted by Crippen LogP contribution is -2.48. The van der Waals surface area contributed by atoms with Gasteiger partial charge in [-0.25, -0.2) is 21.9 Å². The van der Waals surface area contributed by atoms with E-state index in [-0.39, 0.29) is 24.2 Å². The van der Waals surface area contributed by atoms with E-state index in [0.29, 0.717) is 6.54 Å². The van der Waals surface area contributed by atoms with Gasteiger partial charge in [0.15, 0.2) is 5.69 Å². The SMILES string of the molecule is CCc1cccc(CNC[C@H](O)[C@H](Cc2cc(F)cc(F)c2)NC(=O)c2coc(NS(C)(=O)=O)n2)c1. The third-order valence-corrected chi connectivity index (χ3v) is 5.80. The summed E-state index contributed by atoms with van der Waals surface area (Å²) in [5.41, 5.74) is 2.17. The molecule has 12 heteroatoms. The molecule has 0 aliphatic rings. The molecule has 0 aliphatic heterocycles. The van der Waals surface area contributed by atoms with Gasteiger partial charge in [-0.2, -0.15) is 4.98 Å². The number of amides is 1. The van der Waals surface area contributed by atoms with Gasteiger partial charge < -0.3 is 20.2 Å². The van der Waals surface area contributed by atoms with E-state index >= 15 is 0 Å². The first-order valence-corrected chi connectivity index (χ1v) is 13.1. The standard InChI is InChI=1S/C24H28F2N4O5S/c1-3-15-5-4-6-16(7-15)12-27-13-22(31)20(10-17-8-18(25)11-19(26)9-17)28-23(32)21-14-35-24(29-21)30-36(2,33)34/h4-9,11,14,20,22,27,31H,3,10,12-13H2,1-2H3,(H,28,32)(H,29,30)/t20-,22-/m0/s1. The van der Waals surface area contributed by atoms with E-state index in [1.54, 1.807) is 0 Å². The van der Waals surface area contributed by atoms with Gasteiger partial charge in [-0.3, -0.25) is 4.79 Å². The number of aliphatic hydroxyl groups is 1. The van der Waals surface area contributed by atoms with Crippen LogP contribution in [0.3, 0.4) is 0 Å². The number of hydrogen-bond donors (Lipinski definition) is 4. The summed E-state index contributed by atoms with van der Waals surface area (Å²) in [7, 11) is -3.67. The molecule has 4 N–H and O–H groups in total. The summed E-state index contributed by atoms with van der Waals surface area (Å²) in [4.78, 5) is 16.5. The number of aromatic nitrogens is 1. The van der Waals surface area contributed by atoms with Crippen molar-refractivity contribution in [3.63, 3.8) is 0 Å². The number of aliphatic hydroxyl groups excluding tert-OH is 1. The van der Waals surface area contributed by atoms with E-state index in [0.717, 1.165) is 42.7 Å². The number of carbonyl (C=O) groups is 1. The summed E-state index contributed by atoms with van der Waals surface area (Å²) in [5, 5.41) is 16.6. The number of aryl methyl sites for hydroxylation is 1. The first-order chi connectivity index (χ1) is 17.0. The highest BCUT2D eigenvalue weighted by atomic mass is 32.2. The molecule has 0 saturated heterocycles. The van der Waals surface area contributed by atoms with E-state index in [2.05, 4.69) is 15.6 Å². The number of sulfonamides is 1. The van der Waals surface area contributed by atoms with Crippen molar-refractivity contribution < 1.29 is 31.5 Å². The highest BCUT2D eigenvalue weighted by molar-refractivity contribution is 7.91. The van der Waals surface area contributed by atoms with E-state index in [4.69, 9.17) is 4.42 Å². The number of nitrogens with one attached hydrogen (secondary N) is 3. The Kier molecular flexibility index (Phi) is 9.13. The van der Waals surface area contributed by atoms with Crippen molar-refractivity contribution in [3.8, 4) is 0 Å². The van der Waals surface area contributed by atoms with Crippen LogP contribution in [-0.2, 0) is 29.4 Å². The molecule has 3 aromatic rings. The number of carbonyl (C=O) groups excluding carboxylic acids is 1. The molecule has 0 unspecified atom stereocenters. The molecule has 194 valence electrons. The van der Waals surface area contributed by atoms with Gasteiger partial charge in [-0.1, -0.05) is 31.2 Å². The van der Waals surface area contributed by atoms with Crippen molar-refractivity contribution in [2.45, 2.75) is 38.5 Å². The van der Waals surface area contributed by atoms with Crippen LogP contribution in [0.1, 0.15) is 34.1 Å². The Labute approximate surface area is 208 Å². The van der Waals surface area contributed by atoms with Crippen LogP contribution in [0.25, 0.3) is 0 Å². The third-order valence-electron chi connectivity index (χ3n) is 5.25. The molecule has 0 bridgehead atoms. The zero-order valence-electron chi connectivity index (χ0n) is 19.8. The second-order valence-electron chi connectivity index (χ2n) is 8.35. The summed E-state index contributed by atoms with van der Waals surface area (Å²) in [5.74, 6) is -2.34. The highest BCUT2D eigenvalue weighted by Crippen LogP contribution is 2.14. The van der Waals surface area contributed by atoms with Gasteiger partial charge in [-0.05, 0) is 41.7 Å². The number of benzene rings is 2. The van der Waals surface area contributed by atoms with E-state index in [9.17, 15) is 27.1 Å². The lowest BCUT2D eigenvalue weighted by atomic mass is 10.00. The van der Waals surface area contributed by atoms with Crippen molar-refractivity contribution in [2.75, 3.05) is 17.5 Å². The minimum absolute atomic E-state index is 0.0683. The smallest absolute Gasteiger partial charge is 0.309 e. The minimum Gasteiger partial charge on any atom is -0.431 e. The molecule has 1 aromatic heterocycles. The second-order valence-corrected chi connectivity index (χ2v) is 10.1. The van der Waals surface area contributed by atoms with Crippen LogP contribution in [0.5, 0.6) is 0 Å². The maximum Gasteiger partial charge on any atom is 0.309 e. The normalized spacial score (nSPS) is 13.2. The number of nitrogens with zero attached hydrogens (tertiary/aromatic N) is 1. The van der Waals surface area contributed by atoms with E-state index < -0.39 is 45.7 Å². The molecule has 2 aromatic carbocycles. The molecule has 2 atom stereocenters. The topological polar surface area (TPSA) is 134 Å². The molecule has 0 radical (unpaired) electrons. The Hall–Kier alpha value is -3.35. The van der Waals surface area contributed by atoms with Crippen molar-refractivity contribution in [3.05, 3.63) is 82.7 Å². The Balaban J connectivity index is 1.71.